The SMILES string of the molecule is CC(N)c1nc(C2CCCCC2)cs1. The highest BCUT2D eigenvalue weighted by molar-refractivity contribution is 7.09. The first-order valence-electron chi connectivity index (χ1n) is 5.48. The van der Waals surface area contributed by atoms with Gasteiger partial charge in [-0.1, -0.05) is 19.3 Å². The lowest BCUT2D eigenvalue weighted by Crippen LogP contribution is -2.07. The lowest BCUT2D eigenvalue weighted by atomic mass is 9.87. The molecule has 1 aromatic heterocycles. The van der Waals surface area contributed by atoms with Gasteiger partial charge in [-0.25, -0.2) is 4.98 Å². The Morgan fingerprint density at radius 1 is 1.43 bits per heavy atom. The standard InChI is InChI=1S/C11H18N2S/c1-8(12)11-13-10(7-14-11)9-5-3-2-4-6-9/h7-9H,2-6,12H2,1H3. The summed E-state index contributed by atoms with van der Waals surface area (Å²) in [4.78, 5) is 4.63. The van der Waals surface area contributed by atoms with Crippen LogP contribution in [-0.4, -0.2) is 4.98 Å². The highest BCUT2D eigenvalue weighted by Crippen LogP contribution is 2.33. The first-order valence-corrected chi connectivity index (χ1v) is 6.36. The highest BCUT2D eigenvalue weighted by atomic mass is 32.1. The maximum atomic E-state index is 5.80. The van der Waals surface area contributed by atoms with Crippen LogP contribution >= 0.6 is 11.3 Å². The fourth-order valence-electron chi connectivity index (χ4n) is 2.10. The first kappa shape index (κ1) is 10.1. The van der Waals surface area contributed by atoms with E-state index in [0.29, 0.717) is 5.92 Å². The van der Waals surface area contributed by atoms with Crippen LogP contribution < -0.4 is 5.73 Å². The van der Waals surface area contributed by atoms with Crippen LogP contribution in [0.15, 0.2) is 5.38 Å². The molecule has 0 radical (unpaired) electrons. The van der Waals surface area contributed by atoms with Crippen LogP contribution in [0.5, 0.6) is 0 Å². The van der Waals surface area contributed by atoms with Gasteiger partial charge in [0.05, 0.1) is 11.7 Å². The van der Waals surface area contributed by atoms with Crippen LogP contribution in [0.25, 0.3) is 0 Å². The van der Waals surface area contributed by atoms with Crippen molar-refractivity contribution >= 4 is 11.3 Å². The molecule has 2 N–H and O–H groups in total. The van der Waals surface area contributed by atoms with Crippen LogP contribution in [0, 0.1) is 0 Å². The van der Waals surface area contributed by atoms with Gasteiger partial charge in [-0.3, -0.25) is 0 Å². The van der Waals surface area contributed by atoms with Gasteiger partial charge in [0, 0.05) is 11.3 Å². The molecule has 0 saturated heterocycles. The fraction of sp³-hybridized carbons (Fsp3) is 0.727. The average Bonchev–Trinajstić information content (AvgIpc) is 2.68. The van der Waals surface area contributed by atoms with Crippen LogP contribution in [-0.2, 0) is 0 Å². The maximum Gasteiger partial charge on any atom is 0.109 e. The summed E-state index contributed by atoms with van der Waals surface area (Å²) in [5.74, 6) is 0.715. The number of rotatable bonds is 2. The van der Waals surface area contributed by atoms with Crippen LogP contribution in [0.2, 0.25) is 0 Å². The molecule has 78 valence electrons. The van der Waals surface area contributed by atoms with E-state index >= 15 is 0 Å². The van der Waals surface area contributed by atoms with Gasteiger partial charge < -0.3 is 5.73 Å². The molecule has 3 heteroatoms. The minimum Gasteiger partial charge on any atom is -0.322 e. The highest BCUT2D eigenvalue weighted by Gasteiger charge is 2.18. The van der Waals surface area contributed by atoms with E-state index in [2.05, 4.69) is 10.4 Å². The Morgan fingerprint density at radius 2 is 2.14 bits per heavy atom. The van der Waals surface area contributed by atoms with E-state index in [9.17, 15) is 0 Å². The van der Waals surface area contributed by atoms with Crippen molar-refractivity contribution < 1.29 is 0 Å². The summed E-state index contributed by atoms with van der Waals surface area (Å²) in [5.41, 5.74) is 7.10. The van der Waals surface area contributed by atoms with Crippen molar-refractivity contribution in [3.8, 4) is 0 Å². The molecule has 1 aromatic rings. The Balaban J connectivity index is 2.07. The third-order valence-corrected chi connectivity index (χ3v) is 4.02. The molecule has 2 nitrogen and oxygen atoms in total. The van der Waals surface area contributed by atoms with E-state index in [1.165, 1.54) is 37.8 Å². The second-order valence-corrected chi connectivity index (χ2v) is 5.12. The Kier molecular flexibility index (Phi) is 3.19. The largest absolute Gasteiger partial charge is 0.322 e. The zero-order valence-corrected chi connectivity index (χ0v) is 9.52. The summed E-state index contributed by atoms with van der Waals surface area (Å²) in [5, 5.41) is 3.29. The van der Waals surface area contributed by atoms with Crippen LogP contribution in [0.3, 0.4) is 0 Å². The molecule has 0 spiro atoms. The normalized spacial score (nSPS) is 21.0. The molecule has 2 rings (SSSR count). The van der Waals surface area contributed by atoms with E-state index in [-0.39, 0.29) is 6.04 Å². The number of aromatic nitrogens is 1. The van der Waals surface area contributed by atoms with Crippen molar-refractivity contribution in [2.24, 2.45) is 5.73 Å². The van der Waals surface area contributed by atoms with Gasteiger partial charge in [0.25, 0.3) is 0 Å². The molecule has 14 heavy (non-hydrogen) atoms. The molecule has 1 saturated carbocycles. The topological polar surface area (TPSA) is 38.9 Å². The summed E-state index contributed by atoms with van der Waals surface area (Å²) in [6.07, 6.45) is 6.79. The van der Waals surface area contributed by atoms with Crippen LogP contribution in [0.4, 0.5) is 0 Å². The second-order valence-electron chi connectivity index (χ2n) is 4.23. The van der Waals surface area contributed by atoms with Crippen LogP contribution in [0.1, 0.15) is 61.7 Å². The quantitative estimate of drug-likeness (QED) is 0.814. The lowest BCUT2D eigenvalue weighted by molar-refractivity contribution is 0.437. The summed E-state index contributed by atoms with van der Waals surface area (Å²) in [6.45, 7) is 2.00. The zero-order chi connectivity index (χ0) is 9.97. The number of hydrogen-bond acceptors (Lipinski definition) is 3. The molecular weight excluding hydrogens is 192 g/mol. The van der Waals surface area contributed by atoms with Gasteiger partial charge in [0.2, 0.25) is 0 Å². The summed E-state index contributed by atoms with van der Waals surface area (Å²) in [7, 11) is 0. The van der Waals surface area contributed by atoms with Crippen molar-refractivity contribution in [2.75, 3.05) is 0 Å². The minimum absolute atomic E-state index is 0.0948. The third-order valence-electron chi connectivity index (χ3n) is 2.95. The Labute approximate surface area is 89.5 Å². The minimum atomic E-state index is 0.0948. The van der Waals surface area contributed by atoms with E-state index in [0.717, 1.165) is 5.01 Å². The molecular formula is C11H18N2S. The summed E-state index contributed by atoms with van der Waals surface area (Å²) in [6, 6.07) is 0.0948. The second kappa shape index (κ2) is 4.41. The average molecular weight is 210 g/mol. The van der Waals surface area contributed by atoms with Gasteiger partial charge in [0.1, 0.15) is 5.01 Å². The predicted molar refractivity (Wildman–Crippen MR) is 60.5 cm³/mol. The third kappa shape index (κ3) is 2.15. The summed E-state index contributed by atoms with van der Waals surface area (Å²) >= 11 is 1.72. The fourth-order valence-corrected chi connectivity index (χ4v) is 2.96. The Morgan fingerprint density at radius 3 is 2.71 bits per heavy atom. The van der Waals surface area contributed by atoms with E-state index in [1.807, 2.05) is 6.92 Å². The molecule has 1 atom stereocenters. The monoisotopic (exact) mass is 210 g/mol. The molecule has 1 aliphatic carbocycles. The molecule has 1 unspecified atom stereocenters. The van der Waals surface area contributed by atoms with Crippen molar-refractivity contribution in [2.45, 2.75) is 51.0 Å². The molecule has 0 bridgehead atoms. The van der Waals surface area contributed by atoms with Gasteiger partial charge in [0.15, 0.2) is 0 Å². The Hall–Kier alpha value is -0.410. The van der Waals surface area contributed by atoms with Gasteiger partial charge >= 0.3 is 0 Å². The molecule has 0 amide bonds. The Bertz CT molecular complexity index is 287. The van der Waals surface area contributed by atoms with E-state index in [4.69, 9.17) is 5.73 Å². The zero-order valence-electron chi connectivity index (χ0n) is 8.70. The number of nitrogens with two attached hydrogens (primary N) is 1. The van der Waals surface area contributed by atoms with Gasteiger partial charge in [-0.05, 0) is 19.8 Å². The molecule has 1 heterocycles. The van der Waals surface area contributed by atoms with Crippen molar-refractivity contribution in [1.29, 1.82) is 0 Å². The number of hydrogen-bond donors (Lipinski definition) is 1. The summed E-state index contributed by atoms with van der Waals surface area (Å²) < 4.78 is 0. The van der Waals surface area contributed by atoms with E-state index < -0.39 is 0 Å². The van der Waals surface area contributed by atoms with Crippen molar-refractivity contribution in [3.63, 3.8) is 0 Å². The molecule has 1 fully saturated rings. The van der Waals surface area contributed by atoms with E-state index in [1.54, 1.807) is 11.3 Å². The number of nitrogens with zero attached hydrogens (tertiary/aromatic N) is 1. The smallest absolute Gasteiger partial charge is 0.109 e. The van der Waals surface area contributed by atoms with Crippen molar-refractivity contribution in [1.82, 2.24) is 4.98 Å². The number of thiazole rings is 1. The van der Waals surface area contributed by atoms with Gasteiger partial charge in [-0.2, -0.15) is 0 Å². The van der Waals surface area contributed by atoms with Crippen molar-refractivity contribution in [3.05, 3.63) is 16.1 Å². The lowest BCUT2D eigenvalue weighted by Gasteiger charge is -2.19. The molecule has 0 aromatic carbocycles. The molecule has 1 aliphatic rings. The first-order chi connectivity index (χ1) is 6.77. The maximum absolute atomic E-state index is 5.80. The predicted octanol–water partition coefficient (Wildman–Crippen LogP) is 3.21. The van der Waals surface area contributed by atoms with Gasteiger partial charge in [-0.15, -0.1) is 11.3 Å². The molecule has 0 aliphatic heterocycles.